The van der Waals surface area contributed by atoms with Gasteiger partial charge in [-0.2, -0.15) is 0 Å². The summed E-state index contributed by atoms with van der Waals surface area (Å²) in [6, 6.07) is 0. The van der Waals surface area contributed by atoms with Crippen LogP contribution in [0.15, 0.2) is 11.6 Å². The summed E-state index contributed by atoms with van der Waals surface area (Å²) in [5, 5.41) is 9.13. The van der Waals surface area contributed by atoms with E-state index in [2.05, 4.69) is 40.7 Å². The van der Waals surface area contributed by atoms with Gasteiger partial charge in [-0.15, -0.1) is 0 Å². The Labute approximate surface area is 176 Å². The maximum absolute atomic E-state index is 11.1. The van der Waals surface area contributed by atoms with Crippen molar-refractivity contribution in [2.45, 2.75) is 122 Å². The molecule has 0 spiro atoms. The number of allylic oxidation sites excluding steroid dienone is 2. The zero-order valence-electron chi connectivity index (χ0n) is 19.2. The van der Waals surface area contributed by atoms with Crippen LogP contribution in [-0.4, -0.2) is 34.0 Å². The molecule has 1 N–H and O–H groups in total. The molecule has 5 atom stereocenters. The Morgan fingerprint density at radius 3 is 2.48 bits per heavy atom. The summed E-state index contributed by atoms with van der Waals surface area (Å²) in [6.45, 7) is 13.0. The molecule has 0 unspecified atom stereocenters. The molecule has 166 valence electrons. The molecular formula is C24H40O5. The van der Waals surface area contributed by atoms with E-state index in [1.54, 1.807) is 6.92 Å². The van der Waals surface area contributed by atoms with E-state index in [9.17, 15) is 4.79 Å². The van der Waals surface area contributed by atoms with Crippen LogP contribution >= 0.6 is 0 Å². The second kappa shape index (κ2) is 7.97. The van der Waals surface area contributed by atoms with Crippen LogP contribution in [0, 0.1) is 11.3 Å². The van der Waals surface area contributed by atoms with Gasteiger partial charge in [-0.05, 0) is 90.9 Å². The summed E-state index contributed by atoms with van der Waals surface area (Å²) in [4.78, 5) is 22.2. The molecule has 0 aromatic rings. The number of epoxide rings is 1. The molecule has 3 fully saturated rings. The summed E-state index contributed by atoms with van der Waals surface area (Å²) < 4.78 is 6.37. The molecule has 1 saturated carbocycles. The number of carbonyl (C=O) groups is 1. The maximum Gasteiger partial charge on any atom is 0.308 e. The number of hydrogen-bond acceptors (Lipinski definition) is 4. The second-order valence-corrected chi connectivity index (χ2v) is 10.8. The van der Waals surface area contributed by atoms with Crippen LogP contribution < -0.4 is 0 Å². The molecule has 0 amide bonds. The third-order valence-electron chi connectivity index (χ3n) is 8.08. The van der Waals surface area contributed by atoms with Gasteiger partial charge in [-0.3, -0.25) is 4.79 Å². The first-order valence-corrected chi connectivity index (χ1v) is 11.4. The molecule has 0 bridgehead atoms. The highest BCUT2D eigenvalue weighted by Gasteiger charge is 2.73. The summed E-state index contributed by atoms with van der Waals surface area (Å²) in [5.41, 5.74) is 1.46. The lowest BCUT2D eigenvalue weighted by molar-refractivity contribution is -0.411. The third kappa shape index (κ3) is 4.42. The Bertz CT molecular complexity index is 646. The van der Waals surface area contributed by atoms with Gasteiger partial charge in [0.15, 0.2) is 0 Å². The van der Waals surface area contributed by atoms with E-state index in [0.717, 1.165) is 38.5 Å². The maximum atomic E-state index is 11.1. The predicted molar refractivity (Wildman–Crippen MR) is 112 cm³/mol. The van der Waals surface area contributed by atoms with E-state index in [4.69, 9.17) is 19.6 Å². The van der Waals surface area contributed by atoms with Crippen LogP contribution in [0.4, 0.5) is 0 Å². The molecule has 3 rings (SSSR count). The molecule has 0 aromatic carbocycles. The van der Waals surface area contributed by atoms with E-state index >= 15 is 0 Å². The summed E-state index contributed by atoms with van der Waals surface area (Å²) in [6.07, 6.45) is 11.2. The van der Waals surface area contributed by atoms with Gasteiger partial charge in [0.05, 0.1) is 11.5 Å². The zero-order valence-corrected chi connectivity index (χ0v) is 19.2. The minimum atomic E-state index is -0.836. The molecule has 0 aromatic heterocycles. The van der Waals surface area contributed by atoms with Crippen LogP contribution in [0.1, 0.15) is 99.3 Å². The quantitative estimate of drug-likeness (QED) is 0.311. The minimum absolute atomic E-state index is 0.0511. The van der Waals surface area contributed by atoms with Crippen molar-refractivity contribution in [2.24, 2.45) is 11.3 Å². The van der Waals surface area contributed by atoms with Crippen LogP contribution in [0.2, 0.25) is 0 Å². The standard InChI is InChI=1S/C24H40O5/c1-17(10-16-24-21(3,4)12-8-14-23(24,6)28-24)9-7-13-22(5)15-11-19(27-29-22)18(2)20(25)26/h9,18-19H,7-8,10-16H2,1-6H3,(H,25,26)/b17-9+/t18-,19-,22-,23-,24+/m1/s1. The number of fused-ring (bicyclic) bond motifs is 1. The number of carboxylic acid groups (broad SMARTS) is 1. The van der Waals surface area contributed by atoms with Crippen LogP contribution in [0.3, 0.4) is 0 Å². The Hall–Kier alpha value is -0.910. The largest absolute Gasteiger partial charge is 0.481 e. The highest BCUT2D eigenvalue weighted by Crippen LogP contribution is 2.67. The minimum Gasteiger partial charge on any atom is -0.481 e. The Kier molecular flexibility index (Phi) is 6.26. The number of aliphatic carboxylic acids is 1. The highest BCUT2D eigenvalue weighted by atomic mass is 17.2. The van der Waals surface area contributed by atoms with Gasteiger partial charge >= 0.3 is 5.97 Å². The van der Waals surface area contributed by atoms with Crippen LogP contribution in [0.25, 0.3) is 0 Å². The summed E-state index contributed by atoms with van der Waals surface area (Å²) >= 11 is 0. The van der Waals surface area contributed by atoms with Crippen molar-refractivity contribution >= 4 is 5.97 Å². The van der Waals surface area contributed by atoms with Gasteiger partial charge < -0.3 is 9.84 Å². The van der Waals surface area contributed by atoms with Gasteiger partial charge in [0, 0.05) is 0 Å². The van der Waals surface area contributed by atoms with Gasteiger partial charge in [-0.1, -0.05) is 25.5 Å². The monoisotopic (exact) mass is 408 g/mol. The van der Waals surface area contributed by atoms with E-state index in [1.165, 1.54) is 24.8 Å². The molecule has 5 nitrogen and oxygen atoms in total. The lowest BCUT2D eigenvalue weighted by Crippen LogP contribution is -2.42. The molecule has 2 heterocycles. The van der Waals surface area contributed by atoms with Crippen molar-refractivity contribution in [3.8, 4) is 0 Å². The topological polar surface area (TPSA) is 68.3 Å². The molecule has 2 saturated heterocycles. The summed E-state index contributed by atoms with van der Waals surface area (Å²) in [5.74, 6) is -1.38. The first-order valence-electron chi connectivity index (χ1n) is 11.4. The van der Waals surface area contributed by atoms with E-state index in [-0.39, 0.29) is 28.3 Å². The van der Waals surface area contributed by atoms with Crippen molar-refractivity contribution in [3.63, 3.8) is 0 Å². The lowest BCUT2D eigenvalue weighted by atomic mass is 9.62. The Morgan fingerprint density at radius 2 is 1.90 bits per heavy atom. The van der Waals surface area contributed by atoms with Crippen molar-refractivity contribution in [1.82, 2.24) is 0 Å². The molecule has 2 aliphatic heterocycles. The average molecular weight is 409 g/mol. The van der Waals surface area contributed by atoms with Gasteiger partial charge in [0.2, 0.25) is 0 Å². The van der Waals surface area contributed by atoms with Crippen molar-refractivity contribution < 1.29 is 24.4 Å². The fourth-order valence-corrected chi connectivity index (χ4v) is 5.66. The smallest absolute Gasteiger partial charge is 0.308 e. The van der Waals surface area contributed by atoms with Gasteiger partial charge in [0.25, 0.3) is 0 Å². The fourth-order valence-electron chi connectivity index (χ4n) is 5.66. The van der Waals surface area contributed by atoms with E-state index in [1.807, 2.05) is 0 Å². The third-order valence-corrected chi connectivity index (χ3v) is 8.08. The fraction of sp³-hybridized carbons (Fsp3) is 0.875. The first kappa shape index (κ1) is 22.8. The Morgan fingerprint density at radius 1 is 1.17 bits per heavy atom. The van der Waals surface area contributed by atoms with Crippen molar-refractivity contribution in [3.05, 3.63) is 11.6 Å². The van der Waals surface area contributed by atoms with Crippen molar-refractivity contribution in [2.75, 3.05) is 0 Å². The molecular weight excluding hydrogens is 368 g/mol. The number of carboxylic acids is 1. The first-order chi connectivity index (χ1) is 13.4. The highest BCUT2D eigenvalue weighted by molar-refractivity contribution is 5.70. The SMILES string of the molecule is C/C(=C\CC[C@]1(C)CC[C@H]([C@@H](C)C(=O)O)OO1)CC[C@@]12O[C@]1(C)CCCC2(C)C. The van der Waals surface area contributed by atoms with Crippen LogP contribution in [-0.2, 0) is 19.3 Å². The number of rotatable bonds is 8. The second-order valence-electron chi connectivity index (χ2n) is 10.8. The molecule has 5 heteroatoms. The zero-order chi connectivity index (χ0) is 21.5. The average Bonchev–Trinajstić information content (AvgIpc) is 3.27. The number of ether oxygens (including phenoxy) is 1. The molecule has 29 heavy (non-hydrogen) atoms. The molecule has 1 aliphatic carbocycles. The lowest BCUT2D eigenvalue weighted by Gasteiger charge is -2.38. The van der Waals surface area contributed by atoms with Gasteiger partial charge in [0.1, 0.15) is 17.3 Å². The Balaban J connectivity index is 1.45. The summed E-state index contributed by atoms with van der Waals surface area (Å²) in [7, 11) is 0. The van der Waals surface area contributed by atoms with E-state index in [0.29, 0.717) is 0 Å². The van der Waals surface area contributed by atoms with Gasteiger partial charge in [-0.25, -0.2) is 9.78 Å². The molecule has 3 aliphatic rings. The van der Waals surface area contributed by atoms with E-state index < -0.39 is 11.9 Å². The van der Waals surface area contributed by atoms with Crippen molar-refractivity contribution in [1.29, 1.82) is 0 Å². The number of hydrogen-bond donors (Lipinski definition) is 1. The molecule has 0 radical (unpaired) electrons. The predicted octanol–water partition coefficient (Wildman–Crippen LogP) is 5.82. The van der Waals surface area contributed by atoms with Crippen LogP contribution in [0.5, 0.6) is 0 Å². The normalized spacial score (nSPS) is 40.2.